The summed E-state index contributed by atoms with van der Waals surface area (Å²) in [6.45, 7) is 7.15. The maximum atomic E-state index is 12.4. The van der Waals surface area contributed by atoms with Gasteiger partial charge < -0.3 is 10.2 Å². The Hall–Kier alpha value is -0.840. The Balaban J connectivity index is 1.84. The van der Waals surface area contributed by atoms with Crippen LogP contribution >= 0.6 is 22.9 Å². The molecule has 116 valence electrons. The summed E-state index contributed by atoms with van der Waals surface area (Å²) in [6.07, 6.45) is 5.85. The van der Waals surface area contributed by atoms with Gasteiger partial charge in [0.15, 0.2) is 0 Å². The summed E-state index contributed by atoms with van der Waals surface area (Å²) in [5.74, 6) is 0.856. The Morgan fingerprint density at radius 2 is 2.43 bits per heavy atom. The summed E-state index contributed by atoms with van der Waals surface area (Å²) in [5, 5.41) is 3.40. The average Bonchev–Trinajstić information content (AvgIpc) is 2.91. The van der Waals surface area contributed by atoms with Crippen molar-refractivity contribution < 1.29 is 4.79 Å². The number of hydrogen-bond donors (Lipinski definition) is 1. The Labute approximate surface area is 136 Å². The summed E-state index contributed by atoms with van der Waals surface area (Å²) < 4.78 is 0.768. The molecule has 1 aliphatic heterocycles. The quantitative estimate of drug-likeness (QED) is 0.775. The Morgan fingerprint density at radius 1 is 1.57 bits per heavy atom. The van der Waals surface area contributed by atoms with Crippen LogP contribution in [0.3, 0.4) is 0 Å². The number of nitrogens with zero attached hydrogens (tertiary/aromatic N) is 1. The van der Waals surface area contributed by atoms with E-state index in [0.717, 1.165) is 28.7 Å². The molecule has 0 bridgehead atoms. The Kier molecular flexibility index (Phi) is 6.74. The topological polar surface area (TPSA) is 32.3 Å². The molecule has 0 aliphatic carbocycles. The summed E-state index contributed by atoms with van der Waals surface area (Å²) in [6, 6.07) is 3.87. The van der Waals surface area contributed by atoms with Crippen molar-refractivity contribution >= 4 is 28.8 Å². The molecule has 2 rings (SSSR count). The van der Waals surface area contributed by atoms with Crippen LogP contribution in [0.25, 0.3) is 0 Å². The van der Waals surface area contributed by atoms with Crippen molar-refractivity contribution in [3.05, 3.63) is 34.0 Å². The number of nitrogens with one attached hydrogen (secondary N) is 1. The molecule has 1 fully saturated rings. The van der Waals surface area contributed by atoms with Crippen molar-refractivity contribution in [3.8, 4) is 0 Å². The lowest BCUT2D eigenvalue weighted by molar-refractivity contribution is -0.131. The van der Waals surface area contributed by atoms with Crippen LogP contribution in [0.2, 0.25) is 4.34 Å². The Bertz CT molecular complexity index is 469. The number of carbonyl (C=O) groups is 1. The van der Waals surface area contributed by atoms with Gasteiger partial charge in [-0.2, -0.15) is 0 Å². The smallest absolute Gasteiger partial charge is 0.223 e. The molecule has 1 saturated heterocycles. The molecule has 0 aromatic carbocycles. The highest BCUT2D eigenvalue weighted by Gasteiger charge is 2.18. The van der Waals surface area contributed by atoms with E-state index < -0.39 is 0 Å². The zero-order valence-electron chi connectivity index (χ0n) is 12.3. The van der Waals surface area contributed by atoms with E-state index in [1.807, 2.05) is 17.0 Å². The lowest BCUT2D eigenvalue weighted by atomic mass is 9.94. The van der Waals surface area contributed by atoms with Gasteiger partial charge in [-0.15, -0.1) is 17.9 Å². The van der Waals surface area contributed by atoms with Crippen LogP contribution in [0.5, 0.6) is 0 Å². The van der Waals surface area contributed by atoms with E-state index in [1.54, 1.807) is 6.08 Å². The van der Waals surface area contributed by atoms with Gasteiger partial charge in [-0.3, -0.25) is 4.79 Å². The Morgan fingerprint density at radius 3 is 3.05 bits per heavy atom. The van der Waals surface area contributed by atoms with E-state index in [9.17, 15) is 4.79 Å². The van der Waals surface area contributed by atoms with Crippen molar-refractivity contribution in [3.63, 3.8) is 0 Å². The van der Waals surface area contributed by atoms with Crippen LogP contribution in [0.15, 0.2) is 24.8 Å². The molecule has 21 heavy (non-hydrogen) atoms. The van der Waals surface area contributed by atoms with Gasteiger partial charge in [0, 0.05) is 17.8 Å². The summed E-state index contributed by atoms with van der Waals surface area (Å²) in [5.41, 5.74) is 0. The first-order valence-corrected chi connectivity index (χ1v) is 8.72. The van der Waals surface area contributed by atoms with Crippen LogP contribution in [0.4, 0.5) is 0 Å². The lowest BCUT2D eigenvalue weighted by Gasteiger charge is -2.25. The molecule has 1 amide bonds. The van der Waals surface area contributed by atoms with E-state index in [4.69, 9.17) is 11.6 Å². The van der Waals surface area contributed by atoms with E-state index in [2.05, 4.69) is 11.9 Å². The molecule has 2 heterocycles. The predicted octanol–water partition coefficient (Wildman–Crippen LogP) is 3.70. The highest BCUT2D eigenvalue weighted by Crippen LogP contribution is 2.23. The molecule has 1 aromatic rings. The molecule has 3 nitrogen and oxygen atoms in total. The van der Waals surface area contributed by atoms with E-state index in [0.29, 0.717) is 25.4 Å². The van der Waals surface area contributed by atoms with Crippen molar-refractivity contribution in [2.75, 3.05) is 19.6 Å². The van der Waals surface area contributed by atoms with E-state index >= 15 is 0 Å². The van der Waals surface area contributed by atoms with E-state index in [-0.39, 0.29) is 5.91 Å². The first-order chi connectivity index (χ1) is 10.2. The minimum Gasteiger partial charge on any atom is -0.334 e. The molecular formula is C16H23ClN2OS. The molecule has 1 N–H and O–H groups in total. The number of carbonyl (C=O) groups excluding carboxylic acids is 1. The fourth-order valence-corrected chi connectivity index (χ4v) is 3.79. The van der Waals surface area contributed by atoms with E-state index in [1.165, 1.54) is 24.2 Å². The second-order valence-corrected chi connectivity index (χ2v) is 7.32. The van der Waals surface area contributed by atoms with Gasteiger partial charge in [0.1, 0.15) is 0 Å². The van der Waals surface area contributed by atoms with Crippen LogP contribution < -0.4 is 5.32 Å². The highest BCUT2D eigenvalue weighted by atomic mass is 35.5. The monoisotopic (exact) mass is 326 g/mol. The fraction of sp³-hybridized carbons (Fsp3) is 0.562. The molecule has 0 radical (unpaired) electrons. The van der Waals surface area contributed by atoms with Crippen LogP contribution in [-0.4, -0.2) is 30.4 Å². The zero-order valence-corrected chi connectivity index (χ0v) is 13.9. The van der Waals surface area contributed by atoms with Gasteiger partial charge in [-0.1, -0.05) is 17.7 Å². The standard InChI is InChI=1S/C16H23ClN2OS/c1-2-10-19(12-14-6-7-15(17)21-14)16(20)8-5-13-4-3-9-18-11-13/h2,6-7,13,18H,1,3-5,8-12H2. The average molecular weight is 327 g/mol. The maximum absolute atomic E-state index is 12.4. The highest BCUT2D eigenvalue weighted by molar-refractivity contribution is 7.16. The van der Waals surface area contributed by atoms with Crippen molar-refractivity contribution in [1.29, 1.82) is 0 Å². The molecule has 1 aromatic heterocycles. The summed E-state index contributed by atoms with van der Waals surface area (Å²) in [7, 11) is 0. The number of hydrogen-bond acceptors (Lipinski definition) is 3. The van der Waals surface area contributed by atoms with Crippen molar-refractivity contribution in [2.24, 2.45) is 5.92 Å². The van der Waals surface area contributed by atoms with Gasteiger partial charge in [0.2, 0.25) is 5.91 Å². The maximum Gasteiger partial charge on any atom is 0.223 e. The summed E-state index contributed by atoms with van der Waals surface area (Å²) in [4.78, 5) is 15.4. The zero-order chi connectivity index (χ0) is 15.1. The molecule has 1 atom stereocenters. The van der Waals surface area contributed by atoms with Gasteiger partial charge in [0.25, 0.3) is 0 Å². The van der Waals surface area contributed by atoms with Gasteiger partial charge in [0.05, 0.1) is 10.9 Å². The van der Waals surface area contributed by atoms with Gasteiger partial charge >= 0.3 is 0 Å². The second kappa shape index (κ2) is 8.57. The number of amides is 1. The third-order valence-corrected chi connectivity index (χ3v) is 5.06. The third-order valence-electron chi connectivity index (χ3n) is 3.84. The van der Waals surface area contributed by atoms with Crippen molar-refractivity contribution in [1.82, 2.24) is 10.2 Å². The first kappa shape index (κ1) is 16.5. The molecular weight excluding hydrogens is 304 g/mol. The minimum atomic E-state index is 0.213. The number of thiophene rings is 1. The predicted molar refractivity (Wildman–Crippen MR) is 89.8 cm³/mol. The van der Waals surface area contributed by atoms with Crippen molar-refractivity contribution in [2.45, 2.75) is 32.2 Å². The third kappa shape index (κ3) is 5.46. The molecule has 1 aliphatic rings. The SMILES string of the molecule is C=CCN(Cc1ccc(Cl)s1)C(=O)CCC1CCCNC1. The van der Waals surface area contributed by atoms with Crippen LogP contribution in [-0.2, 0) is 11.3 Å². The van der Waals surface area contributed by atoms with Gasteiger partial charge in [-0.25, -0.2) is 0 Å². The van der Waals surface area contributed by atoms with Crippen LogP contribution in [0, 0.1) is 5.92 Å². The minimum absolute atomic E-state index is 0.213. The molecule has 0 saturated carbocycles. The lowest BCUT2D eigenvalue weighted by Crippen LogP contribution is -2.33. The summed E-state index contributed by atoms with van der Waals surface area (Å²) >= 11 is 7.48. The number of rotatable bonds is 7. The molecule has 5 heteroatoms. The number of piperidine rings is 1. The normalized spacial score (nSPS) is 18.4. The van der Waals surface area contributed by atoms with Crippen LogP contribution in [0.1, 0.15) is 30.6 Å². The second-order valence-electron chi connectivity index (χ2n) is 5.52. The molecule has 1 unspecified atom stereocenters. The first-order valence-electron chi connectivity index (χ1n) is 7.52. The fourth-order valence-electron chi connectivity index (χ4n) is 2.69. The number of halogens is 1. The largest absolute Gasteiger partial charge is 0.334 e. The molecule has 0 spiro atoms. The van der Waals surface area contributed by atoms with Gasteiger partial charge in [-0.05, 0) is 50.4 Å².